The average Bonchev–Trinajstić information content (AvgIpc) is 3.33. The molecule has 1 saturated heterocycles. The van der Waals surface area contributed by atoms with Crippen molar-refractivity contribution in [1.29, 1.82) is 0 Å². The maximum absolute atomic E-state index is 5.81. The maximum atomic E-state index is 5.81. The predicted octanol–water partition coefficient (Wildman–Crippen LogP) is 3.65. The van der Waals surface area contributed by atoms with Gasteiger partial charge in [0.2, 0.25) is 0 Å². The Balaban J connectivity index is 0.00000364. The molecule has 27 heavy (non-hydrogen) atoms. The molecule has 2 rings (SSSR count). The van der Waals surface area contributed by atoms with Crippen LogP contribution < -0.4 is 10.6 Å². The van der Waals surface area contributed by atoms with Gasteiger partial charge in [-0.2, -0.15) is 0 Å². The van der Waals surface area contributed by atoms with E-state index < -0.39 is 0 Å². The third-order valence-corrected chi connectivity index (χ3v) is 4.99. The Hall–Kier alpha value is -0.800. The molecule has 6 nitrogen and oxygen atoms in total. The number of guanidine groups is 1. The van der Waals surface area contributed by atoms with E-state index in [0.29, 0.717) is 5.92 Å². The molecule has 1 fully saturated rings. The lowest BCUT2D eigenvalue weighted by Gasteiger charge is -2.27. The number of furan rings is 1. The van der Waals surface area contributed by atoms with Crippen molar-refractivity contribution in [1.82, 2.24) is 15.5 Å². The molecule has 0 saturated carbocycles. The topological polar surface area (TPSA) is 62.0 Å². The van der Waals surface area contributed by atoms with Crippen molar-refractivity contribution >= 4 is 29.9 Å². The Kier molecular flexibility index (Phi) is 12.0. The van der Waals surface area contributed by atoms with Gasteiger partial charge in [-0.15, -0.1) is 24.0 Å². The molecule has 2 atom stereocenters. The SMILES string of the molecule is CCOC(CCNC(=NC)NCC(c1ccco1)N1CCCC1)C(C)C.I. The zero-order valence-electron chi connectivity index (χ0n) is 17.2. The van der Waals surface area contributed by atoms with Crippen LogP contribution in [-0.4, -0.2) is 56.8 Å². The summed E-state index contributed by atoms with van der Waals surface area (Å²) >= 11 is 0. The van der Waals surface area contributed by atoms with E-state index in [1.54, 1.807) is 6.26 Å². The minimum absolute atomic E-state index is 0. The van der Waals surface area contributed by atoms with E-state index in [-0.39, 0.29) is 36.1 Å². The summed E-state index contributed by atoms with van der Waals surface area (Å²) in [6.45, 7) is 11.1. The third-order valence-electron chi connectivity index (χ3n) is 4.99. The van der Waals surface area contributed by atoms with Crippen molar-refractivity contribution in [3.05, 3.63) is 24.2 Å². The highest BCUT2D eigenvalue weighted by atomic mass is 127. The van der Waals surface area contributed by atoms with Crippen molar-refractivity contribution in [2.45, 2.75) is 52.2 Å². The number of hydrogen-bond acceptors (Lipinski definition) is 4. The van der Waals surface area contributed by atoms with Crippen LogP contribution in [0.5, 0.6) is 0 Å². The van der Waals surface area contributed by atoms with Gasteiger partial charge in [0, 0.05) is 26.7 Å². The van der Waals surface area contributed by atoms with Gasteiger partial charge in [0.25, 0.3) is 0 Å². The molecule has 0 radical (unpaired) electrons. The van der Waals surface area contributed by atoms with Crippen molar-refractivity contribution in [2.24, 2.45) is 10.9 Å². The standard InChI is InChI=1S/C20H36N4O2.HI/c1-5-25-18(16(2)3)10-11-22-20(21-4)23-15-17(19-9-8-14-26-19)24-12-6-7-13-24;/h8-9,14,16-18H,5-7,10-13,15H2,1-4H3,(H2,21,22,23);1H. The van der Waals surface area contributed by atoms with Crippen LogP contribution in [0.4, 0.5) is 0 Å². The maximum Gasteiger partial charge on any atom is 0.191 e. The number of rotatable bonds is 10. The zero-order chi connectivity index (χ0) is 18.8. The van der Waals surface area contributed by atoms with Gasteiger partial charge in [-0.25, -0.2) is 0 Å². The first-order chi connectivity index (χ1) is 12.7. The molecule has 0 aromatic carbocycles. The van der Waals surface area contributed by atoms with Gasteiger partial charge < -0.3 is 19.8 Å². The van der Waals surface area contributed by atoms with Crippen molar-refractivity contribution in [2.75, 3.05) is 39.8 Å². The molecule has 0 bridgehead atoms. The molecule has 1 aromatic heterocycles. The molecule has 1 aliphatic heterocycles. The van der Waals surface area contributed by atoms with Gasteiger partial charge in [-0.1, -0.05) is 13.8 Å². The number of nitrogens with zero attached hydrogens (tertiary/aromatic N) is 2. The van der Waals surface area contributed by atoms with Gasteiger partial charge in [0.15, 0.2) is 5.96 Å². The highest BCUT2D eigenvalue weighted by Crippen LogP contribution is 2.24. The Labute approximate surface area is 181 Å². The fourth-order valence-electron chi connectivity index (χ4n) is 3.51. The minimum atomic E-state index is 0. The normalized spacial score (nSPS) is 17.6. The second-order valence-electron chi connectivity index (χ2n) is 7.18. The quantitative estimate of drug-likeness (QED) is 0.297. The second kappa shape index (κ2) is 13.4. The van der Waals surface area contributed by atoms with Crippen LogP contribution in [-0.2, 0) is 4.74 Å². The zero-order valence-corrected chi connectivity index (χ0v) is 19.6. The van der Waals surface area contributed by atoms with Crippen LogP contribution >= 0.6 is 24.0 Å². The molecule has 0 amide bonds. The molecule has 0 aliphatic carbocycles. The number of aliphatic imine (C=N–C) groups is 1. The third kappa shape index (κ3) is 7.99. The minimum Gasteiger partial charge on any atom is -0.468 e. The lowest BCUT2D eigenvalue weighted by Crippen LogP contribution is -2.43. The number of likely N-dealkylation sites (tertiary alicyclic amines) is 1. The fourth-order valence-corrected chi connectivity index (χ4v) is 3.51. The molecule has 1 aliphatic rings. The number of hydrogen-bond donors (Lipinski definition) is 2. The molecular weight excluding hydrogens is 455 g/mol. The summed E-state index contributed by atoms with van der Waals surface area (Å²) in [5.74, 6) is 2.37. The highest BCUT2D eigenvalue weighted by Gasteiger charge is 2.25. The number of halogens is 1. The van der Waals surface area contributed by atoms with Crippen molar-refractivity contribution in [3.8, 4) is 0 Å². The second-order valence-corrected chi connectivity index (χ2v) is 7.18. The smallest absolute Gasteiger partial charge is 0.191 e. The predicted molar refractivity (Wildman–Crippen MR) is 122 cm³/mol. The van der Waals surface area contributed by atoms with E-state index in [0.717, 1.165) is 50.9 Å². The first-order valence-corrected chi connectivity index (χ1v) is 9.99. The lowest BCUT2D eigenvalue weighted by atomic mass is 10.0. The van der Waals surface area contributed by atoms with Gasteiger partial charge in [0.1, 0.15) is 5.76 Å². The van der Waals surface area contributed by atoms with Crippen LogP contribution in [0.15, 0.2) is 27.8 Å². The van der Waals surface area contributed by atoms with Gasteiger partial charge >= 0.3 is 0 Å². The first-order valence-electron chi connectivity index (χ1n) is 9.99. The van der Waals surface area contributed by atoms with Gasteiger partial charge in [-0.05, 0) is 57.3 Å². The largest absolute Gasteiger partial charge is 0.468 e. The molecule has 1 aromatic rings. The summed E-state index contributed by atoms with van der Waals surface area (Å²) < 4.78 is 11.5. The molecular formula is C20H37IN4O2. The monoisotopic (exact) mass is 492 g/mol. The van der Waals surface area contributed by atoms with Crippen LogP contribution in [0.3, 0.4) is 0 Å². The molecule has 156 valence electrons. The first kappa shape index (κ1) is 24.2. The summed E-state index contributed by atoms with van der Waals surface area (Å²) in [7, 11) is 1.82. The highest BCUT2D eigenvalue weighted by molar-refractivity contribution is 14.0. The summed E-state index contributed by atoms with van der Waals surface area (Å²) in [6.07, 6.45) is 5.53. The number of ether oxygens (including phenoxy) is 1. The van der Waals surface area contributed by atoms with E-state index in [1.165, 1.54) is 12.8 Å². The van der Waals surface area contributed by atoms with Crippen molar-refractivity contribution < 1.29 is 9.15 Å². The van der Waals surface area contributed by atoms with Crippen LogP contribution in [0.25, 0.3) is 0 Å². The summed E-state index contributed by atoms with van der Waals surface area (Å²) in [4.78, 5) is 6.85. The summed E-state index contributed by atoms with van der Waals surface area (Å²) in [5, 5.41) is 6.88. The van der Waals surface area contributed by atoms with Crippen molar-refractivity contribution in [3.63, 3.8) is 0 Å². The van der Waals surface area contributed by atoms with E-state index >= 15 is 0 Å². The Morgan fingerprint density at radius 1 is 1.30 bits per heavy atom. The summed E-state index contributed by atoms with van der Waals surface area (Å²) in [6, 6.07) is 4.28. The van der Waals surface area contributed by atoms with Gasteiger partial charge in [0.05, 0.1) is 18.4 Å². The van der Waals surface area contributed by atoms with E-state index in [2.05, 4.69) is 47.4 Å². The van der Waals surface area contributed by atoms with Crippen LogP contribution in [0.1, 0.15) is 51.8 Å². The average molecular weight is 492 g/mol. The molecule has 2 unspecified atom stereocenters. The van der Waals surface area contributed by atoms with E-state index in [9.17, 15) is 0 Å². The summed E-state index contributed by atoms with van der Waals surface area (Å²) in [5.41, 5.74) is 0. The Bertz CT molecular complexity index is 516. The van der Waals surface area contributed by atoms with E-state index in [4.69, 9.17) is 9.15 Å². The Morgan fingerprint density at radius 3 is 2.59 bits per heavy atom. The van der Waals surface area contributed by atoms with E-state index in [1.807, 2.05) is 13.1 Å². The molecule has 2 N–H and O–H groups in total. The Morgan fingerprint density at radius 2 is 2.04 bits per heavy atom. The van der Waals surface area contributed by atoms with Gasteiger partial charge in [-0.3, -0.25) is 9.89 Å². The molecule has 0 spiro atoms. The molecule has 7 heteroatoms. The fraction of sp³-hybridized carbons (Fsp3) is 0.750. The van der Waals surface area contributed by atoms with Crippen LogP contribution in [0, 0.1) is 5.92 Å². The number of nitrogens with one attached hydrogen (secondary N) is 2. The molecule has 2 heterocycles. The lowest BCUT2D eigenvalue weighted by molar-refractivity contribution is 0.0258. The van der Waals surface area contributed by atoms with Crippen LogP contribution in [0.2, 0.25) is 0 Å².